The number of hydrogen-bond donors (Lipinski definition) is 2. The number of carbonyl (C=O) groups is 1. The molecule has 0 bridgehead atoms. The highest BCUT2D eigenvalue weighted by Crippen LogP contribution is 2.35. The topological polar surface area (TPSA) is 104 Å². The van der Waals surface area contributed by atoms with Crippen molar-refractivity contribution in [3.63, 3.8) is 0 Å². The van der Waals surface area contributed by atoms with Crippen molar-refractivity contribution in [2.24, 2.45) is 0 Å². The standard InChI is InChI=1S/C18H17N5O2S/c1-18(2,3)13-10-26-16(12(13)9-19)21-15(24)14-20-17(25)23(22-14)11-7-5-4-6-8-11/h4-8,10H,1-3H3,(H,21,24)(H,20,22,25). The van der Waals surface area contributed by atoms with Gasteiger partial charge in [-0.05, 0) is 28.5 Å². The summed E-state index contributed by atoms with van der Waals surface area (Å²) >= 11 is 1.28. The van der Waals surface area contributed by atoms with Gasteiger partial charge in [0, 0.05) is 0 Å². The molecule has 0 atom stereocenters. The number of amides is 1. The summed E-state index contributed by atoms with van der Waals surface area (Å²) in [5.74, 6) is -0.691. The third-order valence-corrected chi connectivity index (χ3v) is 4.67. The molecule has 0 radical (unpaired) electrons. The summed E-state index contributed by atoms with van der Waals surface area (Å²) in [7, 11) is 0. The maximum atomic E-state index is 12.5. The number of benzene rings is 1. The van der Waals surface area contributed by atoms with Crippen molar-refractivity contribution >= 4 is 22.2 Å². The molecule has 0 unspecified atom stereocenters. The SMILES string of the molecule is CC(C)(C)c1csc(NC(=O)c2nn(-c3ccccc3)c(=O)[nH]2)c1C#N. The van der Waals surface area contributed by atoms with Crippen molar-refractivity contribution in [2.45, 2.75) is 26.2 Å². The van der Waals surface area contributed by atoms with E-state index >= 15 is 0 Å². The fraction of sp³-hybridized carbons (Fsp3) is 0.222. The molecule has 26 heavy (non-hydrogen) atoms. The van der Waals surface area contributed by atoms with Crippen molar-refractivity contribution in [1.29, 1.82) is 5.26 Å². The fourth-order valence-electron chi connectivity index (χ4n) is 2.45. The number of rotatable bonds is 3. The van der Waals surface area contributed by atoms with E-state index < -0.39 is 11.6 Å². The monoisotopic (exact) mass is 367 g/mol. The molecular formula is C18H17N5O2S. The number of aromatic amines is 1. The van der Waals surface area contributed by atoms with Crippen molar-refractivity contribution in [2.75, 3.05) is 5.32 Å². The first kappa shape index (κ1) is 17.6. The van der Waals surface area contributed by atoms with Gasteiger partial charge in [0.15, 0.2) is 0 Å². The Labute approximate surface area is 153 Å². The molecule has 0 fully saturated rings. The number of para-hydroxylation sites is 1. The average molecular weight is 367 g/mol. The second-order valence-electron chi connectivity index (χ2n) is 6.70. The Morgan fingerprint density at radius 1 is 1.31 bits per heavy atom. The van der Waals surface area contributed by atoms with E-state index in [4.69, 9.17) is 0 Å². The van der Waals surface area contributed by atoms with Crippen LogP contribution in [0.4, 0.5) is 5.00 Å². The second-order valence-corrected chi connectivity index (χ2v) is 7.58. The van der Waals surface area contributed by atoms with Gasteiger partial charge in [-0.3, -0.25) is 9.78 Å². The van der Waals surface area contributed by atoms with Gasteiger partial charge in [-0.2, -0.15) is 9.94 Å². The molecule has 0 aliphatic rings. The van der Waals surface area contributed by atoms with E-state index in [1.807, 2.05) is 32.2 Å². The minimum absolute atomic E-state index is 0.117. The summed E-state index contributed by atoms with van der Waals surface area (Å²) in [5.41, 5.74) is 1.12. The van der Waals surface area contributed by atoms with Crippen LogP contribution in [0.5, 0.6) is 0 Å². The molecule has 0 aliphatic carbocycles. The van der Waals surface area contributed by atoms with E-state index in [-0.39, 0.29) is 11.2 Å². The highest BCUT2D eigenvalue weighted by molar-refractivity contribution is 7.14. The molecule has 0 saturated heterocycles. The predicted molar refractivity (Wildman–Crippen MR) is 99.9 cm³/mol. The first-order chi connectivity index (χ1) is 12.3. The van der Waals surface area contributed by atoms with Gasteiger partial charge in [-0.15, -0.1) is 16.4 Å². The fourth-order valence-corrected chi connectivity index (χ4v) is 3.58. The Morgan fingerprint density at radius 2 is 2.00 bits per heavy atom. The minimum Gasteiger partial charge on any atom is -0.310 e. The lowest BCUT2D eigenvalue weighted by Crippen LogP contribution is -2.16. The van der Waals surface area contributed by atoms with E-state index in [9.17, 15) is 14.9 Å². The number of H-pyrrole nitrogens is 1. The van der Waals surface area contributed by atoms with Gasteiger partial charge in [0.05, 0.1) is 11.3 Å². The van der Waals surface area contributed by atoms with Gasteiger partial charge in [-0.25, -0.2) is 4.79 Å². The number of carbonyl (C=O) groups excluding carboxylic acids is 1. The van der Waals surface area contributed by atoms with Crippen molar-refractivity contribution in [3.05, 3.63) is 63.1 Å². The molecule has 2 N–H and O–H groups in total. The van der Waals surface area contributed by atoms with Crippen LogP contribution in [0.2, 0.25) is 0 Å². The molecule has 7 nitrogen and oxygen atoms in total. The van der Waals surface area contributed by atoms with E-state index in [1.54, 1.807) is 24.3 Å². The number of thiophene rings is 1. The number of nitrogens with zero attached hydrogens (tertiary/aromatic N) is 3. The van der Waals surface area contributed by atoms with Gasteiger partial charge in [0.1, 0.15) is 11.1 Å². The Bertz CT molecular complexity index is 1050. The lowest BCUT2D eigenvalue weighted by molar-refractivity contribution is 0.101. The maximum absolute atomic E-state index is 12.5. The third kappa shape index (κ3) is 3.30. The van der Waals surface area contributed by atoms with E-state index in [0.717, 1.165) is 10.2 Å². The molecule has 132 valence electrons. The molecule has 2 aromatic heterocycles. The Morgan fingerprint density at radius 3 is 2.62 bits per heavy atom. The summed E-state index contributed by atoms with van der Waals surface area (Å²) in [6.45, 7) is 6.00. The lowest BCUT2D eigenvalue weighted by atomic mass is 9.86. The second kappa shape index (κ2) is 6.61. The van der Waals surface area contributed by atoms with Crippen LogP contribution in [0.15, 0.2) is 40.5 Å². The van der Waals surface area contributed by atoms with Crippen LogP contribution in [0.25, 0.3) is 5.69 Å². The first-order valence-corrected chi connectivity index (χ1v) is 8.77. The van der Waals surface area contributed by atoms with Crippen LogP contribution >= 0.6 is 11.3 Å². The van der Waals surface area contributed by atoms with Gasteiger partial charge in [0.25, 0.3) is 5.91 Å². The number of anilines is 1. The van der Waals surface area contributed by atoms with Crippen molar-refractivity contribution < 1.29 is 4.79 Å². The zero-order valence-corrected chi connectivity index (χ0v) is 15.3. The highest BCUT2D eigenvalue weighted by atomic mass is 32.1. The van der Waals surface area contributed by atoms with Crippen molar-refractivity contribution in [3.8, 4) is 11.8 Å². The molecule has 3 rings (SSSR count). The number of hydrogen-bond acceptors (Lipinski definition) is 5. The van der Waals surface area contributed by atoms with E-state index in [2.05, 4.69) is 21.5 Å². The number of nitriles is 1. The minimum atomic E-state index is -0.574. The summed E-state index contributed by atoms with van der Waals surface area (Å²) < 4.78 is 1.12. The summed E-state index contributed by atoms with van der Waals surface area (Å²) in [5, 5.41) is 18.5. The van der Waals surface area contributed by atoms with E-state index in [1.165, 1.54) is 11.3 Å². The largest absolute Gasteiger partial charge is 0.348 e. The maximum Gasteiger partial charge on any atom is 0.348 e. The molecule has 8 heteroatoms. The number of aromatic nitrogens is 3. The third-order valence-electron chi connectivity index (χ3n) is 3.77. The lowest BCUT2D eigenvalue weighted by Gasteiger charge is -2.17. The molecule has 1 aromatic carbocycles. The van der Waals surface area contributed by atoms with Crippen molar-refractivity contribution in [1.82, 2.24) is 14.8 Å². The average Bonchev–Trinajstić information content (AvgIpc) is 3.18. The van der Waals surface area contributed by atoms with Crippen LogP contribution < -0.4 is 11.0 Å². The smallest absolute Gasteiger partial charge is 0.310 e. The van der Waals surface area contributed by atoms with Gasteiger partial charge < -0.3 is 5.32 Å². The Balaban J connectivity index is 1.90. The highest BCUT2D eigenvalue weighted by Gasteiger charge is 2.24. The quantitative estimate of drug-likeness (QED) is 0.742. The van der Waals surface area contributed by atoms with Gasteiger partial charge in [0.2, 0.25) is 5.82 Å². The molecule has 2 heterocycles. The van der Waals surface area contributed by atoms with Crippen LogP contribution in [-0.2, 0) is 5.41 Å². The molecular weight excluding hydrogens is 350 g/mol. The molecule has 3 aromatic rings. The van der Waals surface area contributed by atoms with Crippen LogP contribution in [-0.4, -0.2) is 20.7 Å². The molecule has 1 amide bonds. The van der Waals surface area contributed by atoms with E-state index in [0.29, 0.717) is 16.3 Å². The Hall–Kier alpha value is -3.18. The Kier molecular flexibility index (Phi) is 4.49. The summed E-state index contributed by atoms with van der Waals surface area (Å²) in [6, 6.07) is 10.9. The first-order valence-electron chi connectivity index (χ1n) is 7.89. The normalized spacial score (nSPS) is 11.2. The predicted octanol–water partition coefficient (Wildman–Crippen LogP) is 3.04. The summed E-state index contributed by atoms with van der Waals surface area (Å²) in [4.78, 5) is 27.0. The van der Waals surface area contributed by atoms with Gasteiger partial charge in [-0.1, -0.05) is 39.0 Å². The zero-order valence-electron chi connectivity index (χ0n) is 14.5. The molecule has 0 spiro atoms. The van der Waals surface area contributed by atoms with Crippen LogP contribution in [0, 0.1) is 11.3 Å². The molecule has 0 aliphatic heterocycles. The zero-order chi connectivity index (χ0) is 18.9. The number of nitrogens with one attached hydrogen (secondary N) is 2. The van der Waals surface area contributed by atoms with Gasteiger partial charge >= 0.3 is 5.69 Å². The van der Waals surface area contributed by atoms with Crippen LogP contribution in [0.3, 0.4) is 0 Å². The summed E-state index contributed by atoms with van der Waals surface area (Å²) in [6.07, 6.45) is 0. The molecule has 0 saturated carbocycles. The van der Waals surface area contributed by atoms with Crippen LogP contribution in [0.1, 0.15) is 42.5 Å².